The predicted molar refractivity (Wildman–Crippen MR) is 74.9 cm³/mol. The van der Waals surface area contributed by atoms with Gasteiger partial charge in [0.2, 0.25) is 0 Å². The van der Waals surface area contributed by atoms with Crippen LogP contribution in [0.4, 0.5) is 0 Å². The Morgan fingerprint density at radius 1 is 1.44 bits per heavy atom. The fraction of sp³-hybridized carbons (Fsp3) is 0.250. The molecule has 0 radical (unpaired) electrons. The summed E-state index contributed by atoms with van der Waals surface area (Å²) in [6.07, 6.45) is 0.306. The minimum absolute atomic E-state index is 0.0393. The second-order valence-corrected chi connectivity index (χ2v) is 5.18. The van der Waals surface area contributed by atoms with Gasteiger partial charge in [0, 0.05) is 16.5 Å². The van der Waals surface area contributed by atoms with E-state index in [2.05, 4.69) is 5.16 Å². The van der Waals surface area contributed by atoms with Crippen molar-refractivity contribution in [3.05, 3.63) is 34.2 Å². The molecule has 0 aliphatic rings. The van der Waals surface area contributed by atoms with Crippen LogP contribution in [0.25, 0.3) is 10.1 Å². The number of rotatable bonds is 5. The van der Waals surface area contributed by atoms with E-state index in [1.54, 1.807) is 11.3 Å². The third-order valence-electron chi connectivity index (χ3n) is 2.35. The molecule has 6 heteroatoms. The SMILES string of the molecule is NC(CCO)=NOCc1sc2ccccc2c1Cl. The van der Waals surface area contributed by atoms with Gasteiger partial charge in [0.25, 0.3) is 0 Å². The number of hydrogen-bond donors (Lipinski definition) is 2. The molecule has 1 aromatic carbocycles. The van der Waals surface area contributed by atoms with Crippen molar-refractivity contribution in [2.75, 3.05) is 6.61 Å². The predicted octanol–water partition coefficient (Wildman–Crippen LogP) is 2.73. The summed E-state index contributed by atoms with van der Waals surface area (Å²) in [5, 5.41) is 14.1. The van der Waals surface area contributed by atoms with Gasteiger partial charge in [0.05, 0.1) is 16.5 Å². The van der Waals surface area contributed by atoms with Crippen molar-refractivity contribution in [2.45, 2.75) is 13.0 Å². The van der Waals surface area contributed by atoms with Crippen molar-refractivity contribution in [1.29, 1.82) is 0 Å². The molecule has 0 bridgehead atoms. The van der Waals surface area contributed by atoms with Gasteiger partial charge in [-0.1, -0.05) is 35.0 Å². The van der Waals surface area contributed by atoms with Crippen LogP contribution in [0.1, 0.15) is 11.3 Å². The van der Waals surface area contributed by atoms with Gasteiger partial charge in [-0.15, -0.1) is 11.3 Å². The van der Waals surface area contributed by atoms with E-state index < -0.39 is 0 Å². The molecular formula is C12H13ClN2O2S. The minimum Gasteiger partial charge on any atom is -0.396 e. The molecule has 0 saturated carbocycles. The smallest absolute Gasteiger partial charge is 0.153 e. The van der Waals surface area contributed by atoms with E-state index in [0.717, 1.165) is 15.0 Å². The van der Waals surface area contributed by atoms with E-state index in [4.69, 9.17) is 27.3 Å². The van der Waals surface area contributed by atoms with Crippen molar-refractivity contribution in [2.24, 2.45) is 10.9 Å². The minimum atomic E-state index is -0.0393. The van der Waals surface area contributed by atoms with Gasteiger partial charge >= 0.3 is 0 Å². The van der Waals surface area contributed by atoms with Crippen molar-refractivity contribution >= 4 is 38.9 Å². The molecule has 0 amide bonds. The first-order valence-corrected chi connectivity index (χ1v) is 6.63. The average molecular weight is 285 g/mol. The summed E-state index contributed by atoms with van der Waals surface area (Å²) in [7, 11) is 0. The quantitative estimate of drug-likeness (QED) is 0.504. The summed E-state index contributed by atoms with van der Waals surface area (Å²) >= 11 is 7.82. The number of aliphatic hydroxyl groups is 1. The molecule has 0 spiro atoms. The van der Waals surface area contributed by atoms with E-state index in [1.807, 2.05) is 24.3 Å². The highest BCUT2D eigenvalue weighted by Crippen LogP contribution is 2.35. The zero-order valence-corrected chi connectivity index (χ0v) is 11.2. The number of hydrogen-bond acceptors (Lipinski definition) is 4. The van der Waals surface area contributed by atoms with Crippen molar-refractivity contribution < 1.29 is 9.94 Å². The molecule has 2 rings (SSSR count). The Labute approximate surface area is 114 Å². The number of amidine groups is 1. The molecule has 1 heterocycles. The van der Waals surface area contributed by atoms with E-state index in [0.29, 0.717) is 11.4 Å². The zero-order valence-electron chi connectivity index (χ0n) is 9.60. The van der Waals surface area contributed by atoms with Crippen LogP contribution < -0.4 is 5.73 Å². The summed E-state index contributed by atoms with van der Waals surface area (Å²) in [6, 6.07) is 7.90. The van der Waals surface area contributed by atoms with Crippen molar-refractivity contribution in [3.8, 4) is 0 Å². The normalized spacial score (nSPS) is 12.0. The van der Waals surface area contributed by atoms with Crippen LogP contribution in [-0.2, 0) is 11.4 Å². The lowest BCUT2D eigenvalue weighted by atomic mass is 10.2. The molecule has 0 unspecified atom stereocenters. The summed E-state index contributed by atoms with van der Waals surface area (Å²) < 4.78 is 1.12. The summed E-state index contributed by atoms with van der Waals surface area (Å²) in [6.45, 7) is 0.243. The Bertz CT molecular complexity index is 568. The molecule has 4 nitrogen and oxygen atoms in total. The second-order valence-electron chi connectivity index (χ2n) is 3.67. The van der Waals surface area contributed by atoms with Crippen LogP contribution in [0.5, 0.6) is 0 Å². The molecule has 2 aromatic rings. The second kappa shape index (κ2) is 6.04. The third kappa shape index (κ3) is 2.93. The highest BCUT2D eigenvalue weighted by molar-refractivity contribution is 7.19. The molecule has 3 N–H and O–H groups in total. The Kier molecular flexibility index (Phi) is 4.41. The number of oxime groups is 1. The lowest BCUT2D eigenvalue weighted by molar-refractivity contribution is 0.131. The first-order valence-electron chi connectivity index (χ1n) is 5.43. The number of nitrogens with two attached hydrogens (primary N) is 1. The zero-order chi connectivity index (χ0) is 13.0. The first-order chi connectivity index (χ1) is 8.72. The number of aliphatic hydroxyl groups excluding tert-OH is 1. The van der Waals surface area contributed by atoms with Gasteiger partial charge in [-0.25, -0.2) is 0 Å². The van der Waals surface area contributed by atoms with Gasteiger partial charge in [-0.3, -0.25) is 0 Å². The number of fused-ring (bicyclic) bond motifs is 1. The Morgan fingerprint density at radius 2 is 2.22 bits per heavy atom. The molecule has 1 aromatic heterocycles. The molecule has 96 valence electrons. The molecule has 0 aliphatic carbocycles. The first kappa shape index (κ1) is 13.1. The number of benzene rings is 1. The lowest BCUT2D eigenvalue weighted by Gasteiger charge is -1.99. The summed E-state index contributed by atoms with van der Waals surface area (Å²) in [5.74, 6) is 0.273. The van der Waals surface area contributed by atoms with Crippen LogP contribution in [0.15, 0.2) is 29.4 Å². The molecule has 0 aliphatic heterocycles. The lowest BCUT2D eigenvalue weighted by Crippen LogP contribution is -2.13. The van der Waals surface area contributed by atoms with Crippen LogP contribution in [0.3, 0.4) is 0 Å². The standard InChI is InChI=1S/C12H13ClN2O2S/c13-12-8-3-1-2-4-9(8)18-10(12)7-17-15-11(14)5-6-16/h1-4,16H,5-7H2,(H2,14,15). The van der Waals surface area contributed by atoms with E-state index >= 15 is 0 Å². The number of thiophene rings is 1. The van der Waals surface area contributed by atoms with Crippen molar-refractivity contribution in [3.63, 3.8) is 0 Å². The number of nitrogens with zero attached hydrogens (tertiary/aromatic N) is 1. The fourth-order valence-electron chi connectivity index (χ4n) is 1.49. The molecule has 0 saturated heterocycles. The topological polar surface area (TPSA) is 67.8 Å². The van der Waals surface area contributed by atoms with Crippen LogP contribution in [0, 0.1) is 0 Å². The molecular weight excluding hydrogens is 272 g/mol. The maximum Gasteiger partial charge on any atom is 0.153 e. The van der Waals surface area contributed by atoms with Gasteiger partial charge < -0.3 is 15.7 Å². The number of halogens is 1. The fourth-order valence-corrected chi connectivity index (χ4v) is 2.89. The Balaban J connectivity index is 2.08. The van der Waals surface area contributed by atoms with Gasteiger partial charge in [0.15, 0.2) is 6.61 Å². The summed E-state index contributed by atoms with van der Waals surface area (Å²) in [5.41, 5.74) is 5.50. The van der Waals surface area contributed by atoms with Gasteiger partial charge in [-0.05, 0) is 6.07 Å². The Hall–Kier alpha value is -1.30. The molecule has 0 fully saturated rings. The van der Waals surface area contributed by atoms with Crippen LogP contribution >= 0.6 is 22.9 Å². The maximum atomic E-state index is 8.66. The van der Waals surface area contributed by atoms with Crippen LogP contribution in [-0.4, -0.2) is 17.5 Å². The monoisotopic (exact) mass is 284 g/mol. The largest absolute Gasteiger partial charge is 0.396 e. The molecule has 0 atom stereocenters. The maximum absolute atomic E-state index is 8.66. The van der Waals surface area contributed by atoms with E-state index in [-0.39, 0.29) is 19.0 Å². The Morgan fingerprint density at radius 3 is 2.94 bits per heavy atom. The van der Waals surface area contributed by atoms with Crippen molar-refractivity contribution in [1.82, 2.24) is 0 Å². The highest BCUT2D eigenvalue weighted by atomic mass is 35.5. The van der Waals surface area contributed by atoms with E-state index in [9.17, 15) is 0 Å². The third-order valence-corrected chi connectivity index (χ3v) is 4.03. The van der Waals surface area contributed by atoms with Crippen LogP contribution in [0.2, 0.25) is 5.02 Å². The van der Waals surface area contributed by atoms with Gasteiger partial charge in [-0.2, -0.15) is 0 Å². The van der Waals surface area contributed by atoms with E-state index in [1.165, 1.54) is 0 Å². The highest BCUT2D eigenvalue weighted by Gasteiger charge is 2.09. The average Bonchev–Trinajstić information content (AvgIpc) is 2.68. The summed E-state index contributed by atoms with van der Waals surface area (Å²) in [4.78, 5) is 6.04. The van der Waals surface area contributed by atoms with Gasteiger partial charge in [0.1, 0.15) is 5.84 Å². The molecule has 18 heavy (non-hydrogen) atoms.